The molecule has 0 aromatic carbocycles. The van der Waals surface area contributed by atoms with E-state index >= 15 is 0 Å². The second-order valence-corrected chi connectivity index (χ2v) is 10.6. The fourth-order valence-corrected chi connectivity index (χ4v) is 5.09. The van der Waals surface area contributed by atoms with Crippen LogP contribution in [0.1, 0.15) is 168 Å². The predicted octanol–water partition coefficient (Wildman–Crippen LogP) is 9.96. The van der Waals surface area contributed by atoms with Gasteiger partial charge in [-0.3, -0.25) is 0 Å². The summed E-state index contributed by atoms with van der Waals surface area (Å²) in [5.41, 5.74) is 0. The summed E-state index contributed by atoms with van der Waals surface area (Å²) in [6.07, 6.45) is 37.1. The van der Waals surface area contributed by atoms with E-state index in [4.69, 9.17) is 0 Å². The first-order valence-corrected chi connectivity index (χ1v) is 15.4. The maximum Gasteiger partial charge on any atom is 0.256 e. The highest BCUT2D eigenvalue weighted by Crippen LogP contribution is 2.14. The van der Waals surface area contributed by atoms with Crippen molar-refractivity contribution in [3.05, 3.63) is 18.2 Å². The molecule has 1 heterocycles. The lowest BCUT2D eigenvalue weighted by atomic mass is 10.0. The SMILES string of the molecule is CCCCCCCCCCCCCCCCCn1cc[n+](CCCCC)c1CCCCCC. The van der Waals surface area contributed by atoms with Gasteiger partial charge in [0.25, 0.3) is 5.82 Å². The van der Waals surface area contributed by atoms with Crippen LogP contribution in [0.15, 0.2) is 12.4 Å². The lowest BCUT2D eigenvalue weighted by Gasteiger charge is -2.06. The smallest absolute Gasteiger partial charge is 0.234 e. The molecule has 0 unspecified atom stereocenters. The van der Waals surface area contributed by atoms with Crippen molar-refractivity contribution in [1.82, 2.24) is 4.57 Å². The maximum absolute atomic E-state index is 2.58. The summed E-state index contributed by atoms with van der Waals surface area (Å²) in [7, 11) is 0. The Hall–Kier alpha value is -0.790. The van der Waals surface area contributed by atoms with Gasteiger partial charge in [0, 0.05) is 6.42 Å². The number of hydrogen-bond donors (Lipinski definition) is 0. The molecule has 0 bridgehead atoms. The highest BCUT2D eigenvalue weighted by Gasteiger charge is 2.16. The monoisotopic (exact) mass is 461 g/mol. The molecule has 2 heteroatoms. The molecule has 0 radical (unpaired) electrons. The van der Waals surface area contributed by atoms with Crippen LogP contribution in [0.25, 0.3) is 0 Å². The number of rotatable bonds is 25. The fraction of sp³-hybridized carbons (Fsp3) is 0.903. The van der Waals surface area contributed by atoms with Gasteiger partial charge in [-0.05, 0) is 32.1 Å². The van der Waals surface area contributed by atoms with Gasteiger partial charge in [0.1, 0.15) is 12.4 Å². The predicted molar refractivity (Wildman–Crippen MR) is 147 cm³/mol. The molecule has 0 amide bonds. The Labute approximate surface area is 208 Å². The third kappa shape index (κ3) is 16.5. The summed E-state index contributed by atoms with van der Waals surface area (Å²) >= 11 is 0. The highest BCUT2D eigenvalue weighted by atomic mass is 15.1. The Balaban J connectivity index is 2.10. The summed E-state index contributed by atoms with van der Waals surface area (Å²) in [5.74, 6) is 1.59. The number of nitrogens with zero attached hydrogens (tertiary/aromatic N) is 2. The number of aryl methyl sites for hydroxylation is 2. The minimum absolute atomic E-state index is 1.21. The quantitative estimate of drug-likeness (QED) is 0.101. The first-order valence-electron chi connectivity index (χ1n) is 15.4. The molecule has 0 fully saturated rings. The zero-order valence-corrected chi connectivity index (χ0v) is 23.2. The minimum atomic E-state index is 1.21. The fourth-order valence-electron chi connectivity index (χ4n) is 5.09. The Morgan fingerprint density at radius 2 is 0.939 bits per heavy atom. The van der Waals surface area contributed by atoms with Crippen LogP contribution in [-0.2, 0) is 19.5 Å². The molecule has 0 atom stereocenters. The summed E-state index contributed by atoms with van der Waals surface area (Å²) in [6, 6.07) is 0. The van der Waals surface area contributed by atoms with Crippen LogP contribution in [0.5, 0.6) is 0 Å². The summed E-state index contributed by atoms with van der Waals surface area (Å²) in [5, 5.41) is 0. The summed E-state index contributed by atoms with van der Waals surface area (Å²) < 4.78 is 5.15. The summed E-state index contributed by atoms with van der Waals surface area (Å²) in [6.45, 7) is 9.35. The van der Waals surface area contributed by atoms with E-state index in [9.17, 15) is 0 Å². The van der Waals surface area contributed by atoms with Crippen LogP contribution < -0.4 is 4.57 Å². The van der Waals surface area contributed by atoms with Crippen molar-refractivity contribution < 1.29 is 4.57 Å². The van der Waals surface area contributed by atoms with Crippen LogP contribution in [0.2, 0.25) is 0 Å². The zero-order valence-electron chi connectivity index (χ0n) is 23.2. The van der Waals surface area contributed by atoms with E-state index in [-0.39, 0.29) is 0 Å². The first kappa shape index (κ1) is 30.2. The largest absolute Gasteiger partial charge is 0.256 e. The van der Waals surface area contributed by atoms with Gasteiger partial charge in [0.05, 0.1) is 13.1 Å². The average Bonchev–Trinajstić information content (AvgIpc) is 3.21. The zero-order chi connectivity index (χ0) is 23.8. The standard InChI is InChI=1S/C31H61N2/c1-4-7-10-12-13-14-15-16-17-18-19-20-21-22-25-28-33-30-29-32(27-24-9-6-3)31(33)26-23-11-8-5-2/h29-30H,4-28H2,1-3H3/q+1. The second kappa shape index (κ2) is 23.0. The third-order valence-corrected chi connectivity index (χ3v) is 7.35. The molecule has 1 aromatic rings. The van der Waals surface area contributed by atoms with Crippen molar-refractivity contribution >= 4 is 0 Å². The molecule has 0 aliphatic carbocycles. The Morgan fingerprint density at radius 3 is 1.45 bits per heavy atom. The van der Waals surface area contributed by atoms with Crippen molar-refractivity contribution in [2.24, 2.45) is 0 Å². The molecule has 0 N–H and O–H groups in total. The maximum atomic E-state index is 2.58. The number of unbranched alkanes of at least 4 members (excludes halogenated alkanes) is 19. The van der Waals surface area contributed by atoms with Crippen LogP contribution in [-0.4, -0.2) is 4.57 Å². The highest BCUT2D eigenvalue weighted by molar-refractivity contribution is 4.84. The molecule has 0 aliphatic heterocycles. The molecule has 0 saturated heterocycles. The topological polar surface area (TPSA) is 8.81 Å². The van der Waals surface area contributed by atoms with Gasteiger partial charge in [-0.1, -0.05) is 130 Å². The number of hydrogen-bond acceptors (Lipinski definition) is 0. The van der Waals surface area contributed by atoms with Gasteiger partial charge in [-0.15, -0.1) is 0 Å². The normalized spacial score (nSPS) is 11.5. The average molecular weight is 462 g/mol. The van der Waals surface area contributed by atoms with Crippen LogP contribution >= 0.6 is 0 Å². The third-order valence-electron chi connectivity index (χ3n) is 7.35. The molecule has 0 aliphatic rings. The molecule has 33 heavy (non-hydrogen) atoms. The molecule has 194 valence electrons. The number of imidazole rings is 1. The van der Waals surface area contributed by atoms with E-state index in [2.05, 4.69) is 42.3 Å². The van der Waals surface area contributed by atoms with Crippen molar-refractivity contribution in [1.29, 1.82) is 0 Å². The number of aromatic nitrogens is 2. The minimum Gasteiger partial charge on any atom is -0.234 e. The molecule has 1 rings (SSSR count). The van der Waals surface area contributed by atoms with E-state index in [0.29, 0.717) is 0 Å². The van der Waals surface area contributed by atoms with E-state index in [0.717, 1.165) is 0 Å². The molecular formula is C31H61N2+. The van der Waals surface area contributed by atoms with Gasteiger partial charge >= 0.3 is 0 Å². The molecule has 1 aromatic heterocycles. The Bertz CT molecular complexity index is 519. The van der Waals surface area contributed by atoms with Crippen molar-refractivity contribution in [2.75, 3.05) is 0 Å². The lowest BCUT2D eigenvalue weighted by molar-refractivity contribution is -0.704. The first-order chi connectivity index (χ1) is 16.3. The van der Waals surface area contributed by atoms with Gasteiger partial charge in [0.2, 0.25) is 0 Å². The Kier molecular flexibility index (Phi) is 21.1. The molecule has 0 saturated carbocycles. The van der Waals surface area contributed by atoms with Gasteiger partial charge in [0.15, 0.2) is 0 Å². The van der Waals surface area contributed by atoms with Gasteiger partial charge < -0.3 is 0 Å². The Morgan fingerprint density at radius 1 is 0.515 bits per heavy atom. The second-order valence-electron chi connectivity index (χ2n) is 10.6. The molecule has 0 spiro atoms. The summed E-state index contributed by atoms with van der Waals surface area (Å²) in [4.78, 5) is 0. The van der Waals surface area contributed by atoms with Crippen molar-refractivity contribution in [2.45, 2.75) is 182 Å². The van der Waals surface area contributed by atoms with E-state index in [1.54, 1.807) is 5.82 Å². The van der Waals surface area contributed by atoms with Crippen molar-refractivity contribution in [3.63, 3.8) is 0 Å². The lowest BCUT2D eigenvalue weighted by Crippen LogP contribution is -2.37. The van der Waals surface area contributed by atoms with Gasteiger partial charge in [-0.2, -0.15) is 0 Å². The van der Waals surface area contributed by atoms with E-state index in [1.165, 1.54) is 161 Å². The van der Waals surface area contributed by atoms with Crippen molar-refractivity contribution in [3.8, 4) is 0 Å². The van der Waals surface area contributed by atoms with E-state index in [1.807, 2.05) is 0 Å². The van der Waals surface area contributed by atoms with Gasteiger partial charge in [-0.25, -0.2) is 9.13 Å². The molecule has 2 nitrogen and oxygen atoms in total. The van der Waals surface area contributed by atoms with Crippen LogP contribution in [0.4, 0.5) is 0 Å². The van der Waals surface area contributed by atoms with E-state index < -0.39 is 0 Å². The van der Waals surface area contributed by atoms with Crippen LogP contribution in [0, 0.1) is 0 Å². The molecular weight excluding hydrogens is 400 g/mol. The van der Waals surface area contributed by atoms with Crippen LogP contribution in [0.3, 0.4) is 0 Å².